The van der Waals surface area contributed by atoms with Gasteiger partial charge in [-0.2, -0.15) is 0 Å². The highest BCUT2D eigenvalue weighted by molar-refractivity contribution is 5.46. The fourth-order valence-electron chi connectivity index (χ4n) is 2.97. The molecule has 1 saturated carbocycles. The quantitative estimate of drug-likeness (QED) is 0.856. The molecule has 0 spiro atoms. The maximum Gasteiger partial charge on any atom is 0.0569 e. The molecular formula is C17H29N3. The Kier molecular flexibility index (Phi) is 5.41. The summed E-state index contributed by atoms with van der Waals surface area (Å²) < 4.78 is 0. The second kappa shape index (κ2) is 7.07. The van der Waals surface area contributed by atoms with Crippen LogP contribution in [0.1, 0.15) is 64.6 Å². The predicted molar refractivity (Wildman–Crippen MR) is 85.9 cm³/mol. The summed E-state index contributed by atoms with van der Waals surface area (Å²) in [5.74, 6) is 0.746. The summed E-state index contributed by atoms with van der Waals surface area (Å²) in [5, 5.41) is 0. The van der Waals surface area contributed by atoms with E-state index in [0.717, 1.165) is 18.2 Å². The minimum absolute atomic E-state index is 0.0136. The molecule has 1 heterocycles. The fourth-order valence-corrected chi connectivity index (χ4v) is 2.97. The molecule has 3 heteroatoms. The largest absolute Gasteiger partial charge is 0.367 e. The number of anilines is 1. The van der Waals surface area contributed by atoms with E-state index in [2.05, 4.69) is 35.9 Å². The van der Waals surface area contributed by atoms with Crippen LogP contribution >= 0.6 is 0 Å². The average Bonchev–Trinajstić information content (AvgIpc) is 2.93. The smallest absolute Gasteiger partial charge is 0.0569 e. The summed E-state index contributed by atoms with van der Waals surface area (Å²) in [4.78, 5) is 7.11. The minimum Gasteiger partial charge on any atom is -0.367 e. The molecule has 1 atom stereocenters. The third kappa shape index (κ3) is 3.95. The molecule has 0 bridgehead atoms. The Balaban J connectivity index is 2.11. The van der Waals surface area contributed by atoms with Crippen LogP contribution in [0.4, 0.5) is 5.69 Å². The first-order valence-corrected chi connectivity index (χ1v) is 8.06. The number of hydrogen-bond acceptors (Lipinski definition) is 3. The van der Waals surface area contributed by atoms with Gasteiger partial charge in [0.1, 0.15) is 0 Å². The third-order valence-electron chi connectivity index (χ3n) is 4.28. The molecule has 2 N–H and O–H groups in total. The molecule has 0 amide bonds. The van der Waals surface area contributed by atoms with Gasteiger partial charge in [0.25, 0.3) is 0 Å². The van der Waals surface area contributed by atoms with Crippen LogP contribution in [0.5, 0.6) is 0 Å². The topological polar surface area (TPSA) is 42.1 Å². The Morgan fingerprint density at radius 3 is 2.45 bits per heavy atom. The first kappa shape index (κ1) is 15.3. The van der Waals surface area contributed by atoms with E-state index in [-0.39, 0.29) is 6.04 Å². The van der Waals surface area contributed by atoms with Gasteiger partial charge in [0.2, 0.25) is 0 Å². The van der Waals surface area contributed by atoms with Gasteiger partial charge in [-0.3, -0.25) is 4.98 Å². The lowest BCUT2D eigenvalue weighted by atomic mass is 10.1. The molecule has 1 aliphatic carbocycles. The van der Waals surface area contributed by atoms with Gasteiger partial charge in [-0.15, -0.1) is 0 Å². The summed E-state index contributed by atoms with van der Waals surface area (Å²) in [6.45, 7) is 7.71. The van der Waals surface area contributed by atoms with E-state index in [9.17, 15) is 0 Å². The predicted octanol–water partition coefficient (Wildman–Crippen LogP) is 3.90. The number of nitrogens with two attached hydrogens (primary N) is 1. The van der Waals surface area contributed by atoms with Crippen molar-refractivity contribution in [3.05, 3.63) is 24.0 Å². The minimum atomic E-state index is 0.0136. The average molecular weight is 275 g/mol. The second-order valence-corrected chi connectivity index (χ2v) is 6.54. The van der Waals surface area contributed by atoms with Crippen LogP contribution in [0, 0.1) is 5.92 Å². The summed E-state index contributed by atoms with van der Waals surface area (Å²) in [6.07, 6.45) is 8.64. The molecule has 0 saturated heterocycles. The molecule has 1 fully saturated rings. The van der Waals surface area contributed by atoms with Crippen LogP contribution in [0.2, 0.25) is 0 Å². The van der Waals surface area contributed by atoms with Gasteiger partial charge in [0.15, 0.2) is 0 Å². The van der Waals surface area contributed by atoms with Crippen LogP contribution in [0.3, 0.4) is 0 Å². The van der Waals surface area contributed by atoms with Crippen molar-refractivity contribution >= 4 is 5.69 Å². The first-order chi connectivity index (χ1) is 9.58. The van der Waals surface area contributed by atoms with Crippen LogP contribution in [0.25, 0.3) is 0 Å². The SMILES string of the molecule is CC(C)CCN(c1ccc([C@@H](C)N)nc1)C1CCCC1. The normalized spacial score (nSPS) is 17.6. The Morgan fingerprint density at radius 1 is 1.25 bits per heavy atom. The molecule has 0 unspecified atom stereocenters. The van der Waals surface area contributed by atoms with E-state index < -0.39 is 0 Å². The van der Waals surface area contributed by atoms with Crippen molar-refractivity contribution in [3.63, 3.8) is 0 Å². The summed E-state index contributed by atoms with van der Waals surface area (Å²) in [7, 11) is 0. The van der Waals surface area contributed by atoms with E-state index >= 15 is 0 Å². The van der Waals surface area contributed by atoms with Crippen LogP contribution in [0.15, 0.2) is 18.3 Å². The van der Waals surface area contributed by atoms with Crippen molar-refractivity contribution in [2.75, 3.05) is 11.4 Å². The summed E-state index contributed by atoms with van der Waals surface area (Å²) in [5.41, 5.74) is 8.13. The van der Waals surface area contributed by atoms with E-state index in [0.29, 0.717) is 6.04 Å². The number of rotatable bonds is 6. The van der Waals surface area contributed by atoms with E-state index in [1.807, 2.05) is 13.1 Å². The van der Waals surface area contributed by atoms with Crippen LogP contribution in [-0.4, -0.2) is 17.6 Å². The van der Waals surface area contributed by atoms with Gasteiger partial charge in [-0.05, 0) is 44.2 Å². The van der Waals surface area contributed by atoms with Crippen molar-refractivity contribution in [2.45, 2.75) is 65.0 Å². The van der Waals surface area contributed by atoms with E-state index in [1.165, 1.54) is 37.8 Å². The van der Waals surface area contributed by atoms with Crippen LogP contribution in [-0.2, 0) is 0 Å². The van der Waals surface area contributed by atoms with Gasteiger partial charge in [0.05, 0.1) is 17.6 Å². The molecule has 0 radical (unpaired) electrons. The molecule has 0 aromatic carbocycles. The zero-order valence-electron chi connectivity index (χ0n) is 13.2. The monoisotopic (exact) mass is 275 g/mol. The van der Waals surface area contributed by atoms with Gasteiger partial charge in [-0.1, -0.05) is 26.7 Å². The standard InChI is InChI=1S/C17H29N3/c1-13(2)10-11-20(15-6-4-5-7-15)16-8-9-17(14(3)18)19-12-16/h8-9,12-15H,4-7,10-11,18H2,1-3H3/t14-/m1/s1. The van der Waals surface area contributed by atoms with Crippen molar-refractivity contribution in [1.29, 1.82) is 0 Å². The Labute approximate surface area is 123 Å². The fraction of sp³-hybridized carbons (Fsp3) is 0.706. The Bertz CT molecular complexity index is 391. The molecule has 112 valence electrons. The highest BCUT2D eigenvalue weighted by Gasteiger charge is 2.23. The molecule has 1 aliphatic rings. The number of nitrogens with zero attached hydrogens (tertiary/aromatic N) is 2. The Morgan fingerprint density at radius 2 is 1.95 bits per heavy atom. The van der Waals surface area contributed by atoms with Crippen molar-refractivity contribution in [1.82, 2.24) is 4.98 Å². The summed E-state index contributed by atoms with van der Waals surface area (Å²) in [6, 6.07) is 5.00. The summed E-state index contributed by atoms with van der Waals surface area (Å²) >= 11 is 0. The highest BCUT2D eigenvalue weighted by atomic mass is 15.2. The first-order valence-electron chi connectivity index (χ1n) is 8.06. The van der Waals surface area contributed by atoms with E-state index in [1.54, 1.807) is 0 Å². The number of pyridine rings is 1. The molecule has 20 heavy (non-hydrogen) atoms. The maximum atomic E-state index is 5.88. The van der Waals surface area contributed by atoms with Gasteiger partial charge in [0, 0.05) is 18.6 Å². The zero-order chi connectivity index (χ0) is 14.5. The van der Waals surface area contributed by atoms with Crippen molar-refractivity contribution in [3.8, 4) is 0 Å². The van der Waals surface area contributed by atoms with Gasteiger partial charge in [-0.25, -0.2) is 0 Å². The molecular weight excluding hydrogens is 246 g/mol. The third-order valence-corrected chi connectivity index (χ3v) is 4.28. The molecule has 0 aliphatic heterocycles. The molecule has 3 nitrogen and oxygen atoms in total. The van der Waals surface area contributed by atoms with Crippen LogP contribution < -0.4 is 10.6 Å². The van der Waals surface area contributed by atoms with Gasteiger partial charge < -0.3 is 10.6 Å². The molecule has 1 aromatic heterocycles. The lowest BCUT2D eigenvalue weighted by Crippen LogP contribution is -2.34. The lowest BCUT2D eigenvalue weighted by Gasteiger charge is -2.31. The number of hydrogen-bond donors (Lipinski definition) is 1. The van der Waals surface area contributed by atoms with Crippen molar-refractivity contribution < 1.29 is 0 Å². The Hall–Kier alpha value is -1.09. The maximum absolute atomic E-state index is 5.88. The van der Waals surface area contributed by atoms with E-state index in [4.69, 9.17) is 5.73 Å². The number of aromatic nitrogens is 1. The molecule has 2 rings (SSSR count). The zero-order valence-corrected chi connectivity index (χ0v) is 13.2. The molecule has 1 aromatic rings. The van der Waals surface area contributed by atoms with Crippen molar-refractivity contribution in [2.24, 2.45) is 11.7 Å². The van der Waals surface area contributed by atoms with Gasteiger partial charge >= 0.3 is 0 Å². The highest BCUT2D eigenvalue weighted by Crippen LogP contribution is 2.29. The lowest BCUT2D eigenvalue weighted by molar-refractivity contribution is 0.528. The second-order valence-electron chi connectivity index (χ2n) is 6.54.